The SMILES string of the molecule is CCOc1ccc(C(=O)NCC(=O)OCC(=O)c2ccc([C@H](C)CC)cc2)cc1. The Morgan fingerprint density at radius 2 is 1.55 bits per heavy atom. The summed E-state index contributed by atoms with van der Waals surface area (Å²) in [5, 5.41) is 2.47. The van der Waals surface area contributed by atoms with Crippen LogP contribution in [0, 0.1) is 0 Å². The number of esters is 1. The highest BCUT2D eigenvalue weighted by atomic mass is 16.5. The number of ketones is 1. The Morgan fingerprint density at radius 1 is 0.931 bits per heavy atom. The van der Waals surface area contributed by atoms with E-state index in [0.717, 1.165) is 12.0 Å². The van der Waals surface area contributed by atoms with Gasteiger partial charge in [-0.1, -0.05) is 38.1 Å². The van der Waals surface area contributed by atoms with Gasteiger partial charge < -0.3 is 14.8 Å². The molecule has 6 nitrogen and oxygen atoms in total. The van der Waals surface area contributed by atoms with Crippen LogP contribution < -0.4 is 10.1 Å². The molecule has 1 amide bonds. The second kappa shape index (κ2) is 11.0. The second-order valence-electron chi connectivity index (χ2n) is 6.66. The summed E-state index contributed by atoms with van der Waals surface area (Å²) in [5.41, 5.74) is 2.06. The van der Waals surface area contributed by atoms with Crippen molar-refractivity contribution >= 4 is 17.7 Å². The van der Waals surface area contributed by atoms with E-state index in [-0.39, 0.29) is 18.9 Å². The number of nitrogens with one attached hydrogen (secondary N) is 1. The number of hydrogen-bond acceptors (Lipinski definition) is 5. The molecular formula is C23H27NO5. The van der Waals surface area contributed by atoms with E-state index in [9.17, 15) is 14.4 Å². The molecule has 0 heterocycles. The van der Waals surface area contributed by atoms with Crippen molar-refractivity contribution in [3.05, 3.63) is 65.2 Å². The normalized spacial score (nSPS) is 11.4. The lowest BCUT2D eigenvalue weighted by Gasteiger charge is -2.10. The molecule has 0 fully saturated rings. The Balaban J connectivity index is 1.77. The van der Waals surface area contributed by atoms with Crippen LogP contribution in [0.1, 0.15) is 59.4 Å². The average molecular weight is 397 g/mol. The minimum Gasteiger partial charge on any atom is -0.494 e. The maximum absolute atomic E-state index is 12.2. The van der Waals surface area contributed by atoms with Gasteiger partial charge in [-0.25, -0.2) is 0 Å². The largest absolute Gasteiger partial charge is 0.494 e. The van der Waals surface area contributed by atoms with E-state index in [2.05, 4.69) is 19.2 Å². The van der Waals surface area contributed by atoms with Crippen molar-refractivity contribution in [2.75, 3.05) is 19.8 Å². The zero-order valence-electron chi connectivity index (χ0n) is 17.1. The van der Waals surface area contributed by atoms with Crippen LogP contribution in [0.3, 0.4) is 0 Å². The average Bonchev–Trinajstić information content (AvgIpc) is 2.76. The van der Waals surface area contributed by atoms with Crippen LogP contribution in [0.15, 0.2) is 48.5 Å². The third-order valence-electron chi connectivity index (χ3n) is 4.60. The molecule has 6 heteroatoms. The molecule has 154 valence electrons. The number of amides is 1. The first-order valence-electron chi connectivity index (χ1n) is 9.74. The number of rotatable bonds is 10. The topological polar surface area (TPSA) is 81.7 Å². The summed E-state index contributed by atoms with van der Waals surface area (Å²) in [5.74, 6) is -0.271. The molecule has 1 atom stereocenters. The fraction of sp³-hybridized carbons (Fsp3) is 0.348. The van der Waals surface area contributed by atoms with Gasteiger partial charge in [0.25, 0.3) is 5.91 Å². The predicted molar refractivity (Wildman–Crippen MR) is 110 cm³/mol. The standard InChI is InChI=1S/C23H27NO5/c1-4-16(3)17-6-8-18(9-7-17)21(25)15-29-22(26)14-24-23(27)19-10-12-20(13-11-19)28-5-2/h6-13,16H,4-5,14-15H2,1-3H3,(H,24,27)/t16-/m1/s1. The van der Waals surface area contributed by atoms with E-state index in [0.29, 0.717) is 29.4 Å². The van der Waals surface area contributed by atoms with Crippen LogP contribution in [0.4, 0.5) is 0 Å². The Morgan fingerprint density at radius 3 is 2.14 bits per heavy atom. The monoisotopic (exact) mass is 397 g/mol. The minimum absolute atomic E-state index is 0.285. The van der Waals surface area contributed by atoms with Crippen molar-refractivity contribution in [3.8, 4) is 5.75 Å². The van der Waals surface area contributed by atoms with Crippen molar-refractivity contribution in [3.63, 3.8) is 0 Å². The molecule has 0 unspecified atom stereocenters. The van der Waals surface area contributed by atoms with E-state index in [1.54, 1.807) is 36.4 Å². The number of carbonyl (C=O) groups is 3. The third kappa shape index (κ3) is 6.75. The fourth-order valence-corrected chi connectivity index (χ4v) is 2.64. The molecule has 2 aromatic rings. The van der Waals surface area contributed by atoms with E-state index < -0.39 is 11.9 Å². The zero-order chi connectivity index (χ0) is 21.2. The number of benzene rings is 2. The Kier molecular flexibility index (Phi) is 8.40. The van der Waals surface area contributed by atoms with E-state index in [1.165, 1.54) is 0 Å². The molecule has 1 N–H and O–H groups in total. The van der Waals surface area contributed by atoms with Gasteiger partial charge in [0.05, 0.1) is 6.61 Å². The third-order valence-corrected chi connectivity index (χ3v) is 4.60. The molecule has 0 aliphatic rings. The number of carbonyl (C=O) groups excluding carboxylic acids is 3. The van der Waals surface area contributed by atoms with E-state index >= 15 is 0 Å². The first-order valence-corrected chi connectivity index (χ1v) is 9.74. The van der Waals surface area contributed by atoms with Crippen molar-refractivity contribution in [2.24, 2.45) is 0 Å². The Labute approximate surface area is 171 Å². The first kappa shape index (κ1) is 22.1. The van der Waals surface area contributed by atoms with Crippen LogP contribution in [0.25, 0.3) is 0 Å². The van der Waals surface area contributed by atoms with E-state index in [1.807, 2.05) is 19.1 Å². The highest BCUT2D eigenvalue weighted by Crippen LogP contribution is 2.19. The minimum atomic E-state index is -0.672. The molecule has 0 bridgehead atoms. The molecule has 0 aliphatic carbocycles. The van der Waals surface area contributed by atoms with Crippen molar-refractivity contribution in [1.29, 1.82) is 0 Å². The molecular weight excluding hydrogens is 370 g/mol. The van der Waals surface area contributed by atoms with Gasteiger partial charge in [-0.15, -0.1) is 0 Å². The smallest absolute Gasteiger partial charge is 0.325 e. The summed E-state index contributed by atoms with van der Waals surface area (Å²) in [7, 11) is 0. The van der Waals surface area contributed by atoms with Crippen LogP contribution in [0.2, 0.25) is 0 Å². The van der Waals surface area contributed by atoms with Gasteiger partial charge >= 0.3 is 5.97 Å². The molecule has 0 saturated carbocycles. The molecule has 0 spiro atoms. The van der Waals surface area contributed by atoms with Crippen LogP contribution in [-0.2, 0) is 9.53 Å². The van der Waals surface area contributed by atoms with Crippen LogP contribution >= 0.6 is 0 Å². The summed E-state index contributed by atoms with van der Waals surface area (Å²) in [4.78, 5) is 36.1. The quantitative estimate of drug-likeness (QED) is 0.488. The highest BCUT2D eigenvalue weighted by molar-refractivity contribution is 5.98. The van der Waals surface area contributed by atoms with Crippen molar-refractivity contribution < 1.29 is 23.9 Å². The van der Waals surface area contributed by atoms with Gasteiger partial charge in [0.15, 0.2) is 12.4 Å². The lowest BCUT2D eigenvalue weighted by Crippen LogP contribution is -2.31. The molecule has 0 saturated heterocycles. The molecule has 2 aromatic carbocycles. The second-order valence-corrected chi connectivity index (χ2v) is 6.66. The van der Waals surface area contributed by atoms with Crippen molar-refractivity contribution in [2.45, 2.75) is 33.1 Å². The summed E-state index contributed by atoms with van der Waals surface area (Å²) < 4.78 is 10.3. The zero-order valence-corrected chi connectivity index (χ0v) is 17.1. The van der Waals surface area contributed by atoms with E-state index in [4.69, 9.17) is 9.47 Å². The summed E-state index contributed by atoms with van der Waals surface area (Å²) in [6.07, 6.45) is 1.02. The summed E-state index contributed by atoms with van der Waals surface area (Å²) in [6.45, 7) is 5.97. The van der Waals surface area contributed by atoms with Gasteiger partial charge in [-0.05, 0) is 49.1 Å². The highest BCUT2D eigenvalue weighted by Gasteiger charge is 2.13. The number of ether oxygens (including phenoxy) is 2. The van der Waals surface area contributed by atoms with Gasteiger partial charge in [0, 0.05) is 11.1 Å². The van der Waals surface area contributed by atoms with Crippen LogP contribution in [0.5, 0.6) is 5.75 Å². The van der Waals surface area contributed by atoms with Gasteiger partial charge in [0.1, 0.15) is 12.3 Å². The predicted octanol–water partition coefficient (Wildman–Crippen LogP) is 3.75. The lowest BCUT2D eigenvalue weighted by atomic mass is 9.97. The lowest BCUT2D eigenvalue weighted by molar-refractivity contribution is -0.141. The Bertz CT molecular complexity index is 827. The first-order chi connectivity index (χ1) is 13.9. The maximum atomic E-state index is 12.2. The van der Waals surface area contributed by atoms with Gasteiger partial charge in [-0.2, -0.15) is 0 Å². The molecule has 0 aromatic heterocycles. The summed E-state index contributed by atoms with van der Waals surface area (Å²) >= 11 is 0. The van der Waals surface area contributed by atoms with Crippen LogP contribution in [-0.4, -0.2) is 37.4 Å². The summed E-state index contributed by atoms with van der Waals surface area (Å²) in [6, 6.07) is 13.9. The maximum Gasteiger partial charge on any atom is 0.325 e. The van der Waals surface area contributed by atoms with Crippen molar-refractivity contribution in [1.82, 2.24) is 5.32 Å². The van der Waals surface area contributed by atoms with Gasteiger partial charge in [0.2, 0.25) is 0 Å². The number of Topliss-reactive ketones (excluding diaryl/α,β-unsaturated/α-hetero) is 1. The Hall–Kier alpha value is -3.15. The number of hydrogen-bond donors (Lipinski definition) is 1. The molecule has 2 rings (SSSR count). The van der Waals surface area contributed by atoms with Gasteiger partial charge in [-0.3, -0.25) is 14.4 Å². The molecule has 0 radical (unpaired) electrons. The molecule has 29 heavy (non-hydrogen) atoms. The molecule has 0 aliphatic heterocycles. The fourth-order valence-electron chi connectivity index (χ4n) is 2.64.